The molecule has 13 heteroatoms. The molecule has 3 heterocycles. The zero-order valence-corrected chi connectivity index (χ0v) is 20.3. The first-order valence-electron chi connectivity index (χ1n) is 11.3. The molecule has 4 aromatic rings. The summed E-state index contributed by atoms with van der Waals surface area (Å²) in [4.78, 5) is 30.6. The lowest BCUT2D eigenvalue weighted by molar-refractivity contribution is -0.119. The minimum atomic E-state index is -1.29. The van der Waals surface area contributed by atoms with E-state index in [2.05, 4.69) is 25.3 Å². The van der Waals surface area contributed by atoms with Gasteiger partial charge in [-0.2, -0.15) is 0 Å². The maximum atomic E-state index is 14.3. The van der Waals surface area contributed by atoms with Crippen molar-refractivity contribution in [1.82, 2.24) is 19.9 Å². The first-order chi connectivity index (χ1) is 18.0. The summed E-state index contributed by atoms with van der Waals surface area (Å²) in [5.41, 5.74) is 12.2. The number of hydrazine groups is 1. The Bertz CT molecular complexity index is 1590. The van der Waals surface area contributed by atoms with Crippen LogP contribution in [-0.4, -0.2) is 32.9 Å². The summed E-state index contributed by atoms with van der Waals surface area (Å²) >= 11 is 0. The highest BCUT2D eigenvalue weighted by molar-refractivity contribution is 6.09. The number of nitrogens with zero attached hydrogens (tertiary/aromatic N) is 5. The summed E-state index contributed by atoms with van der Waals surface area (Å²) in [6, 6.07) is 9.23. The molecule has 0 bridgehead atoms. The van der Waals surface area contributed by atoms with Crippen LogP contribution in [-0.2, 0) is 16.6 Å². The van der Waals surface area contributed by atoms with Gasteiger partial charge in [0.05, 0.1) is 5.56 Å². The van der Waals surface area contributed by atoms with Crippen LogP contribution in [0.3, 0.4) is 0 Å². The number of nitrogen functional groups attached to an aromatic ring is 2. The highest BCUT2D eigenvalue weighted by atomic mass is 19.2. The normalized spacial score (nSPS) is 16.3. The summed E-state index contributed by atoms with van der Waals surface area (Å²) < 4.78 is 41.6. The molecule has 2 aromatic carbocycles. The fourth-order valence-corrected chi connectivity index (χ4v) is 4.45. The van der Waals surface area contributed by atoms with Gasteiger partial charge in [-0.15, -0.1) is 0 Å². The summed E-state index contributed by atoms with van der Waals surface area (Å²) in [7, 11) is 1.49. The van der Waals surface area contributed by atoms with Gasteiger partial charge in [-0.05, 0) is 36.2 Å². The molecule has 7 N–H and O–H groups in total. The molecule has 0 saturated heterocycles. The molecule has 1 amide bonds. The van der Waals surface area contributed by atoms with E-state index >= 15 is 0 Å². The Morgan fingerprint density at radius 2 is 1.71 bits per heavy atom. The van der Waals surface area contributed by atoms with E-state index in [-0.39, 0.29) is 52.5 Å². The number of amides is 1. The molecule has 0 spiro atoms. The Morgan fingerprint density at radius 3 is 2.39 bits per heavy atom. The third kappa shape index (κ3) is 3.93. The molecule has 1 unspecified atom stereocenters. The van der Waals surface area contributed by atoms with Crippen LogP contribution in [0.25, 0.3) is 11.5 Å². The lowest BCUT2D eigenvalue weighted by atomic mass is 9.78. The van der Waals surface area contributed by atoms with E-state index in [9.17, 15) is 18.0 Å². The highest BCUT2D eigenvalue weighted by Crippen LogP contribution is 2.45. The molecular weight excluding hydrogens is 499 g/mol. The molecule has 10 nitrogen and oxygen atoms in total. The van der Waals surface area contributed by atoms with Crippen molar-refractivity contribution >= 4 is 29.0 Å². The van der Waals surface area contributed by atoms with E-state index in [0.717, 1.165) is 11.1 Å². The molecule has 1 aliphatic rings. The number of hydrogen-bond acceptors (Lipinski definition) is 9. The number of anilines is 4. The Morgan fingerprint density at radius 1 is 1.00 bits per heavy atom. The van der Waals surface area contributed by atoms with Crippen LogP contribution in [0.15, 0.2) is 42.5 Å². The van der Waals surface area contributed by atoms with Gasteiger partial charge in [-0.3, -0.25) is 9.80 Å². The van der Waals surface area contributed by atoms with Crippen molar-refractivity contribution in [3.05, 3.63) is 82.4 Å². The Balaban J connectivity index is 1.64. The fraction of sp³-hybridized carbons (Fsp3) is 0.160. The van der Waals surface area contributed by atoms with Crippen molar-refractivity contribution < 1.29 is 18.0 Å². The topological polar surface area (TPSA) is 162 Å². The van der Waals surface area contributed by atoms with E-state index in [1.807, 2.05) is 0 Å². The van der Waals surface area contributed by atoms with Crippen molar-refractivity contribution in [3.63, 3.8) is 0 Å². The molecular formula is C25H22F3N9O. The van der Waals surface area contributed by atoms with E-state index in [4.69, 9.17) is 17.3 Å². The molecule has 0 radical (unpaired) electrons. The van der Waals surface area contributed by atoms with Gasteiger partial charge in [0.2, 0.25) is 5.91 Å². The van der Waals surface area contributed by atoms with Gasteiger partial charge in [0.1, 0.15) is 40.1 Å². The van der Waals surface area contributed by atoms with Gasteiger partial charge in [0.15, 0.2) is 23.3 Å². The van der Waals surface area contributed by atoms with Gasteiger partial charge >= 0.3 is 0 Å². The number of halogens is 3. The summed E-state index contributed by atoms with van der Waals surface area (Å²) in [6.07, 6.45) is -0.183. The first-order valence-corrected chi connectivity index (χ1v) is 11.3. The minimum absolute atomic E-state index is 0.00318. The van der Waals surface area contributed by atoms with Crippen LogP contribution in [0, 0.1) is 17.5 Å². The van der Waals surface area contributed by atoms with Crippen LogP contribution in [0.4, 0.5) is 36.3 Å². The molecule has 5 rings (SSSR count). The van der Waals surface area contributed by atoms with Gasteiger partial charge in [0.25, 0.3) is 0 Å². The fourth-order valence-electron chi connectivity index (χ4n) is 4.45. The number of aromatic nitrogens is 4. The maximum absolute atomic E-state index is 14.3. The van der Waals surface area contributed by atoms with Crippen LogP contribution in [0.5, 0.6) is 0 Å². The number of carbonyl (C=O) groups excluding carboxylic acids is 1. The molecule has 0 fully saturated rings. The number of nitrogens with two attached hydrogens (primary N) is 3. The van der Waals surface area contributed by atoms with Crippen LogP contribution >= 0.6 is 0 Å². The lowest BCUT2D eigenvalue weighted by Crippen LogP contribution is -2.33. The minimum Gasteiger partial charge on any atom is -0.394 e. The summed E-state index contributed by atoms with van der Waals surface area (Å²) in [5, 5.41) is 3.84. The number of nitrogens with one attached hydrogen (secondary N) is 1. The molecule has 194 valence electrons. The second kappa shape index (κ2) is 8.95. The summed E-state index contributed by atoms with van der Waals surface area (Å²) in [6.45, 7) is 1.63. The van der Waals surface area contributed by atoms with E-state index < -0.39 is 28.8 Å². The predicted molar refractivity (Wildman–Crippen MR) is 135 cm³/mol. The van der Waals surface area contributed by atoms with Crippen molar-refractivity contribution in [2.45, 2.75) is 18.8 Å². The molecule has 0 aliphatic carbocycles. The highest BCUT2D eigenvalue weighted by Gasteiger charge is 2.47. The van der Waals surface area contributed by atoms with Crippen LogP contribution in [0.2, 0.25) is 0 Å². The Labute approximate surface area is 214 Å². The molecule has 2 aromatic heterocycles. The van der Waals surface area contributed by atoms with Crippen molar-refractivity contribution in [1.29, 1.82) is 0 Å². The molecule has 38 heavy (non-hydrogen) atoms. The third-order valence-electron chi connectivity index (χ3n) is 6.44. The average Bonchev–Trinajstić information content (AvgIpc) is 3.13. The van der Waals surface area contributed by atoms with Gasteiger partial charge < -0.3 is 16.8 Å². The Hall–Kier alpha value is -4.78. The zero-order valence-electron chi connectivity index (χ0n) is 20.3. The monoisotopic (exact) mass is 521 g/mol. The van der Waals surface area contributed by atoms with Crippen molar-refractivity contribution in [2.24, 2.45) is 5.84 Å². The van der Waals surface area contributed by atoms with Gasteiger partial charge in [-0.1, -0.05) is 24.3 Å². The average molecular weight is 522 g/mol. The zero-order chi connectivity index (χ0) is 27.4. The first kappa shape index (κ1) is 24.9. The van der Waals surface area contributed by atoms with Crippen LogP contribution < -0.4 is 27.6 Å². The lowest BCUT2D eigenvalue weighted by Gasteiger charge is -2.23. The maximum Gasteiger partial charge on any atom is 0.240 e. The SMILES string of the molecule is CN(N)c1nc(Cc2cccc(F)c2F)nc(-c2nc(N)c3c(n2)NC(=O)C3(C)c2ccc(F)cc2)c1N. The second-order valence-electron chi connectivity index (χ2n) is 8.97. The standard InChI is InChI=1S/C25H22F3N9O/c1-25(12-6-8-13(26)9-7-12)16-20(30)34-22(35-21(16)36-24(25)38)19-18(29)23(37(2)31)33-15(32-19)10-11-4-3-5-14(27)17(11)28/h3-9H,10,29,31H2,1-2H3,(H3,30,34,35,36,38). The smallest absolute Gasteiger partial charge is 0.240 e. The quantitative estimate of drug-likeness (QED) is 0.228. The van der Waals surface area contributed by atoms with Crippen molar-refractivity contribution in [2.75, 3.05) is 28.8 Å². The number of benzene rings is 2. The number of fused-ring (bicyclic) bond motifs is 1. The number of rotatable bonds is 5. The van der Waals surface area contributed by atoms with E-state index in [1.165, 1.54) is 43.4 Å². The van der Waals surface area contributed by atoms with E-state index in [1.54, 1.807) is 6.92 Å². The molecule has 1 atom stereocenters. The Kier molecular flexibility index (Phi) is 5.87. The molecule has 1 aliphatic heterocycles. The number of carbonyl (C=O) groups is 1. The molecule has 0 saturated carbocycles. The summed E-state index contributed by atoms with van der Waals surface area (Å²) in [5.74, 6) is 3.18. The third-order valence-corrected chi connectivity index (χ3v) is 6.44. The van der Waals surface area contributed by atoms with Gasteiger partial charge in [-0.25, -0.2) is 38.9 Å². The van der Waals surface area contributed by atoms with E-state index in [0.29, 0.717) is 11.1 Å². The van der Waals surface area contributed by atoms with Crippen LogP contribution in [0.1, 0.15) is 29.4 Å². The number of hydrogen-bond donors (Lipinski definition) is 4. The largest absolute Gasteiger partial charge is 0.394 e. The predicted octanol–water partition coefficient (Wildman–Crippen LogP) is 2.67. The van der Waals surface area contributed by atoms with Crippen molar-refractivity contribution in [3.8, 4) is 11.5 Å². The second-order valence-corrected chi connectivity index (χ2v) is 8.97. The van der Waals surface area contributed by atoms with Gasteiger partial charge in [0, 0.05) is 13.5 Å².